The van der Waals surface area contributed by atoms with Gasteiger partial charge in [0.05, 0.1) is 11.9 Å². The van der Waals surface area contributed by atoms with Gasteiger partial charge in [0.25, 0.3) is 5.91 Å². The van der Waals surface area contributed by atoms with Crippen LogP contribution in [0.2, 0.25) is 0 Å². The molecule has 19 heavy (non-hydrogen) atoms. The largest absolute Gasteiger partial charge is 0.387 e. The highest BCUT2D eigenvalue weighted by molar-refractivity contribution is 6.03. The average molecular weight is 259 g/mol. The normalized spacial score (nSPS) is 10.1. The Labute approximate surface area is 110 Å². The number of carbonyl (C=O) groups excluding carboxylic acids is 1. The maximum atomic E-state index is 13.0. The van der Waals surface area contributed by atoms with E-state index in [-0.39, 0.29) is 11.7 Å². The fourth-order valence-electron chi connectivity index (χ4n) is 1.63. The molecule has 0 saturated carbocycles. The lowest BCUT2D eigenvalue weighted by Gasteiger charge is -2.08. The Kier molecular flexibility index (Phi) is 3.75. The highest BCUT2D eigenvalue weighted by Crippen LogP contribution is 2.16. The molecule has 2 rings (SSSR count). The molecule has 98 valence electrons. The second kappa shape index (κ2) is 5.48. The number of carbonyl (C=O) groups is 1. The first-order valence-corrected chi connectivity index (χ1v) is 5.81. The number of aryl methyl sites for hydroxylation is 1. The lowest BCUT2D eigenvalue weighted by Crippen LogP contribution is -2.14. The number of amides is 1. The summed E-state index contributed by atoms with van der Waals surface area (Å²) in [5.74, 6) is -0.649. The minimum absolute atomic E-state index is 0.308. The van der Waals surface area contributed by atoms with E-state index in [4.69, 9.17) is 0 Å². The van der Waals surface area contributed by atoms with Crippen LogP contribution in [0, 0.1) is 12.7 Å². The van der Waals surface area contributed by atoms with Gasteiger partial charge in [-0.2, -0.15) is 0 Å². The first-order chi connectivity index (χ1) is 9.10. The van der Waals surface area contributed by atoms with Crippen molar-refractivity contribution in [3.63, 3.8) is 0 Å². The van der Waals surface area contributed by atoms with Crippen molar-refractivity contribution in [1.82, 2.24) is 4.98 Å². The number of benzene rings is 1. The lowest BCUT2D eigenvalue weighted by atomic mass is 10.2. The van der Waals surface area contributed by atoms with Crippen LogP contribution in [0.15, 0.2) is 36.5 Å². The van der Waals surface area contributed by atoms with Crippen LogP contribution in [0.5, 0.6) is 0 Å². The number of aromatic nitrogens is 1. The van der Waals surface area contributed by atoms with Crippen molar-refractivity contribution < 1.29 is 9.18 Å². The average Bonchev–Trinajstić information content (AvgIpc) is 2.42. The van der Waals surface area contributed by atoms with Crippen LogP contribution in [0.1, 0.15) is 16.1 Å². The fourth-order valence-corrected chi connectivity index (χ4v) is 1.63. The zero-order chi connectivity index (χ0) is 13.8. The van der Waals surface area contributed by atoms with Crippen LogP contribution in [0.3, 0.4) is 0 Å². The van der Waals surface area contributed by atoms with Crippen LogP contribution in [-0.2, 0) is 0 Å². The van der Waals surface area contributed by atoms with Crippen LogP contribution in [-0.4, -0.2) is 17.9 Å². The summed E-state index contributed by atoms with van der Waals surface area (Å²) >= 11 is 0. The lowest BCUT2D eigenvalue weighted by molar-refractivity contribution is 0.102. The molecule has 1 aromatic heterocycles. The van der Waals surface area contributed by atoms with Crippen LogP contribution in [0.25, 0.3) is 0 Å². The summed E-state index contributed by atoms with van der Waals surface area (Å²) in [6.07, 6.45) is 1.58. The van der Waals surface area contributed by atoms with Crippen LogP contribution < -0.4 is 10.6 Å². The standard InChI is InChI=1S/C14H14FN3O/c1-9-7-10(15)3-5-12(9)18-14(19)13-6-4-11(16-2)8-17-13/h3-8,16H,1-2H3,(H,18,19). The third-order valence-electron chi connectivity index (χ3n) is 2.72. The van der Waals surface area contributed by atoms with E-state index in [9.17, 15) is 9.18 Å². The summed E-state index contributed by atoms with van der Waals surface area (Å²) in [6, 6.07) is 7.59. The minimum atomic E-state index is -0.327. The molecule has 0 atom stereocenters. The summed E-state index contributed by atoms with van der Waals surface area (Å²) in [5.41, 5.74) is 2.38. The first kappa shape index (κ1) is 13.0. The molecule has 0 bridgehead atoms. The van der Waals surface area contributed by atoms with Crippen molar-refractivity contribution in [2.24, 2.45) is 0 Å². The predicted octanol–water partition coefficient (Wildman–Crippen LogP) is 2.82. The zero-order valence-corrected chi connectivity index (χ0v) is 10.7. The summed E-state index contributed by atoms with van der Waals surface area (Å²) in [4.78, 5) is 16.0. The van der Waals surface area contributed by atoms with Gasteiger partial charge in [-0.1, -0.05) is 0 Å². The quantitative estimate of drug-likeness (QED) is 0.891. The van der Waals surface area contributed by atoms with E-state index < -0.39 is 0 Å². The number of halogens is 1. The van der Waals surface area contributed by atoms with E-state index in [1.54, 1.807) is 32.3 Å². The molecule has 0 spiro atoms. The summed E-state index contributed by atoms with van der Waals surface area (Å²) in [7, 11) is 1.78. The molecule has 0 aliphatic heterocycles. The van der Waals surface area contributed by atoms with Gasteiger partial charge in [0.15, 0.2) is 0 Å². The number of hydrogen-bond acceptors (Lipinski definition) is 3. The van der Waals surface area contributed by atoms with Gasteiger partial charge in [0.2, 0.25) is 0 Å². The van der Waals surface area contributed by atoms with Crippen LogP contribution >= 0.6 is 0 Å². The van der Waals surface area contributed by atoms with Gasteiger partial charge in [0.1, 0.15) is 11.5 Å². The smallest absolute Gasteiger partial charge is 0.274 e. The Morgan fingerprint density at radius 3 is 2.63 bits per heavy atom. The molecule has 0 aliphatic carbocycles. The van der Waals surface area contributed by atoms with Crippen molar-refractivity contribution >= 4 is 17.3 Å². The van der Waals surface area contributed by atoms with Crippen molar-refractivity contribution in [2.75, 3.05) is 17.7 Å². The van der Waals surface area contributed by atoms with Gasteiger partial charge in [-0.25, -0.2) is 9.37 Å². The van der Waals surface area contributed by atoms with E-state index in [1.807, 2.05) is 0 Å². The number of rotatable bonds is 3. The SMILES string of the molecule is CNc1ccc(C(=O)Nc2ccc(F)cc2C)nc1. The number of nitrogens with one attached hydrogen (secondary N) is 2. The van der Waals surface area contributed by atoms with Crippen molar-refractivity contribution in [1.29, 1.82) is 0 Å². The number of anilines is 2. The van der Waals surface area contributed by atoms with Crippen molar-refractivity contribution in [2.45, 2.75) is 6.92 Å². The van der Waals surface area contributed by atoms with Crippen LogP contribution in [0.4, 0.5) is 15.8 Å². The van der Waals surface area contributed by atoms with E-state index in [0.29, 0.717) is 16.9 Å². The second-order valence-electron chi connectivity index (χ2n) is 4.10. The molecule has 1 heterocycles. The Bertz CT molecular complexity index is 596. The molecule has 2 aromatic rings. The van der Waals surface area contributed by atoms with E-state index >= 15 is 0 Å². The number of pyridine rings is 1. The topological polar surface area (TPSA) is 54.0 Å². The maximum absolute atomic E-state index is 13.0. The molecule has 4 nitrogen and oxygen atoms in total. The molecule has 0 saturated heterocycles. The highest BCUT2D eigenvalue weighted by Gasteiger charge is 2.09. The predicted molar refractivity (Wildman–Crippen MR) is 72.9 cm³/mol. The van der Waals surface area contributed by atoms with Gasteiger partial charge >= 0.3 is 0 Å². The van der Waals surface area contributed by atoms with Gasteiger partial charge < -0.3 is 10.6 Å². The zero-order valence-electron chi connectivity index (χ0n) is 10.7. The number of hydrogen-bond donors (Lipinski definition) is 2. The molecule has 0 aliphatic rings. The molecule has 0 unspecified atom stereocenters. The fraction of sp³-hybridized carbons (Fsp3) is 0.143. The van der Waals surface area contributed by atoms with Crippen molar-refractivity contribution in [3.05, 3.63) is 53.6 Å². The van der Waals surface area contributed by atoms with Gasteiger partial charge in [-0.15, -0.1) is 0 Å². The second-order valence-corrected chi connectivity index (χ2v) is 4.10. The molecule has 1 amide bonds. The molecular weight excluding hydrogens is 245 g/mol. The monoisotopic (exact) mass is 259 g/mol. The van der Waals surface area contributed by atoms with E-state index in [1.165, 1.54) is 18.2 Å². The molecule has 1 aromatic carbocycles. The summed E-state index contributed by atoms with van der Waals surface area (Å²) in [5, 5.41) is 5.62. The van der Waals surface area contributed by atoms with Crippen molar-refractivity contribution in [3.8, 4) is 0 Å². The third-order valence-corrected chi connectivity index (χ3v) is 2.72. The molecular formula is C14H14FN3O. The van der Waals surface area contributed by atoms with E-state index in [0.717, 1.165) is 5.69 Å². The summed E-state index contributed by atoms with van der Waals surface area (Å²) in [6.45, 7) is 1.73. The molecule has 0 radical (unpaired) electrons. The Morgan fingerprint density at radius 2 is 2.05 bits per heavy atom. The van der Waals surface area contributed by atoms with Gasteiger partial charge in [0, 0.05) is 12.7 Å². The molecule has 2 N–H and O–H groups in total. The van der Waals surface area contributed by atoms with Gasteiger partial charge in [-0.3, -0.25) is 4.79 Å². The molecule has 0 fully saturated rings. The highest BCUT2D eigenvalue weighted by atomic mass is 19.1. The number of nitrogens with zero attached hydrogens (tertiary/aromatic N) is 1. The minimum Gasteiger partial charge on any atom is -0.387 e. The Morgan fingerprint density at radius 1 is 1.26 bits per heavy atom. The van der Waals surface area contributed by atoms with Gasteiger partial charge in [-0.05, 0) is 42.8 Å². The Hall–Kier alpha value is -2.43. The summed E-state index contributed by atoms with van der Waals surface area (Å²) < 4.78 is 13.0. The Balaban J connectivity index is 2.15. The first-order valence-electron chi connectivity index (χ1n) is 5.81. The third kappa shape index (κ3) is 3.07. The van der Waals surface area contributed by atoms with E-state index in [2.05, 4.69) is 15.6 Å². The molecule has 5 heteroatoms. The maximum Gasteiger partial charge on any atom is 0.274 e.